The van der Waals surface area contributed by atoms with Crippen molar-refractivity contribution in [1.82, 2.24) is 0 Å². The molecule has 0 radical (unpaired) electrons. The Morgan fingerprint density at radius 2 is 1.73 bits per heavy atom. The first-order valence-electron chi connectivity index (χ1n) is 10.1. The van der Waals surface area contributed by atoms with E-state index in [1.807, 2.05) is 60.7 Å². The molecule has 1 aromatic heterocycles. The van der Waals surface area contributed by atoms with E-state index < -0.39 is 0 Å². The molecule has 0 bridgehead atoms. The van der Waals surface area contributed by atoms with Gasteiger partial charge in [-0.3, -0.25) is 4.79 Å². The normalized spacial score (nSPS) is 20.0. The van der Waals surface area contributed by atoms with E-state index in [1.165, 1.54) is 5.56 Å². The van der Waals surface area contributed by atoms with Crippen molar-refractivity contribution in [2.75, 3.05) is 0 Å². The molecule has 0 saturated heterocycles. The zero-order valence-electron chi connectivity index (χ0n) is 17.2. The Morgan fingerprint density at radius 3 is 2.43 bits per heavy atom. The van der Waals surface area contributed by atoms with Crippen LogP contribution in [0.1, 0.15) is 36.3 Å². The van der Waals surface area contributed by atoms with Crippen LogP contribution in [0.3, 0.4) is 0 Å². The van der Waals surface area contributed by atoms with Crippen molar-refractivity contribution in [3.8, 4) is 0 Å². The first-order chi connectivity index (χ1) is 14.4. The van der Waals surface area contributed by atoms with E-state index >= 15 is 0 Å². The van der Waals surface area contributed by atoms with Gasteiger partial charge in [0.15, 0.2) is 0 Å². The minimum atomic E-state index is -0.190. The summed E-state index contributed by atoms with van der Waals surface area (Å²) >= 11 is 6.48. The lowest BCUT2D eigenvalue weighted by Gasteiger charge is -2.03. The van der Waals surface area contributed by atoms with Gasteiger partial charge in [-0.15, -0.1) is 0 Å². The van der Waals surface area contributed by atoms with Crippen molar-refractivity contribution in [2.24, 2.45) is 17.3 Å². The van der Waals surface area contributed by atoms with Gasteiger partial charge >= 0.3 is 5.97 Å². The molecule has 0 aliphatic heterocycles. The van der Waals surface area contributed by atoms with Gasteiger partial charge in [-0.25, -0.2) is 0 Å². The summed E-state index contributed by atoms with van der Waals surface area (Å²) in [5, 5.41) is 0.671. The number of carbonyl (C=O) groups is 1. The van der Waals surface area contributed by atoms with E-state index in [9.17, 15) is 4.79 Å². The van der Waals surface area contributed by atoms with Crippen molar-refractivity contribution in [1.29, 1.82) is 0 Å². The zero-order valence-corrected chi connectivity index (χ0v) is 17.9. The molecule has 4 rings (SSSR count). The Kier molecular flexibility index (Phi) is 5.83. The van der Waals surface area contributed by atoms with Crippen LogP contribution in [0, 0.1) is 17.3 Å². The van der Waals surface area contributed by atoms with Crippen molar-refractivity contribution in [2.45, 2.75) is 26.9 Å². The molecular formula is C26H25ClO3. The SMILES string of the molecule is CC1(C)C(/C=C(\Cl)c2ccccc2)C1C(=O)OCc1coc(Cc2ccccc2)c1. The highest BCUT2D eigenvalue weighted by atomic mass is 35.5. The van der Waals surface area contributed by atoms with E-state index in [0.29, 0.717) is 5.03 Å². The topological polar surface area (TPSA) is 39.4 Å². The van der Waals surface area contributed by atoms with Gasteiger partial charge < -0.3 is 9.15 Å². The summed E-state index contributed by atoms with van der Waals surface area (Å²) < 4.78 is 11.2. The molecule has 4 heteroatoms. The number of rotatable bonds is 7. The zero-order chi connectivity index (χ0) is 21.1. The number of halogens is 1. The van der Waals surface area contributed by atoms with E-state index in [4.69, 9.17) is 20.8 Å². The number of benzene rings is 2. The fraction of sp³-hybridized carbons (Fsp3) is 0.269. The minimum absolute atomic E-state index is 0.0655. The average molecular weight is 421 g/mol. The maximum atomic E-state index is 12.7. The Labute approximate surface area is 182 Å². The van der Waals surface area contributed by atoms with Crippen molar-refractivity contribution in [3.63, 3.8) is 0 Å². The molecule has 2 atom stereocenters. The summed E-state index contributed by atoms with van der Waals surface area (Å²) in [7, 11) is 0. The summed E-state index contributed by atoms with van der Waals surface area (Å²) in [6.07, 6.45) is 4.36. The lowest BCUT2D eigenvalue weighted by Crippen LogP contribution is -2.10. The molecule has 0 spiro atoms. The highest BCUT2D eigenvalue weighted by molar-refractivity contribution is 6.48. The fourth-order valence-electron chi connectivity index (χ4n) is 3.93. The van der Waals surface area contributed by atoms with Gasteiger partial charge in [0.25, 0.3) is 0 Å². The highest BCUT2D eigenvalue weighted by Crippen LogP contribution is 2.60. The van der Waals surface area contributed by atoms with E-state index in [1.54, 1.807) is 6.26 Å². The van der Waals surface area contributed by atoms with Crippen LogP contribution in [0.25, 0.3) is 5.03 Å². The van der Waals surface area contributed by atoms with E-state index in [-0.39, 0.29) is 29.8 Å². The van der Waals surface area contributed by atoms with Crippen LogP contribution in [-0.2, 0) is 22.6 Å². The number of hydrogen-bond donors (Lipinski definition) is 0. The second kappa shape index (κ2) is 8.53. The van der Waals surface area contributed by atoms with Gasteiger partial charge in [-0.05, 0) is 28.5 Å². The van der Waals surface area contributed by atoms with Crippen LogP contribution in [0.2, 0.25) is 0 Å². The van der Waals surface area contributed by atoms with Gasteiger partial charge in [-0.1, -0.05) is 92.2 Å². The van der Waals surface area contributed by atoms with Gasteiger partial charge in [0.1, 0.15) is 12.4 Å². The lowest BCUT2D eigenvalue weighted by atomic mass is 10.1. The standard InChI is InChI=1S/C26H25ClO3/c1-26(2)22(15-23(27)20-11-7-4-8-12-20)24(26)25(28)30-17-19-14-21(29-16-19)13-18-9-5-3-6-10-18/h3-12,14-16,22,24H,13,17H2,1-2H3/b23-15-. The molecular weight excluding hydrogens is 396 g/mol. The van der Waals surface area contributed by atoms with E-state index in [2.05, 4.69) is 26.0 Å². The van der Waals surface area contributed by atoms with Crippen LogP contribution in [0.4, 0.5) is 0 Å². The molecule has 3 aromatic rings. The minimum Gasteiger partial charge on any atom is -0.469 e. The molecule has 30 heavy (non-hydrogen) atoms. The number of carbonyl (C=O) groups excluding carboxylic acids is 1. The third kappa shape index (κ3) is 4.52. The third-order valence-corrected chi connectivity index (χ3v) is 6.19. The monoisotopic (exact) mass is 420 g/mol. The summed E-state index contributed by atoms with van der Waals surface area (Å²) in [6.45, 7) is 4.36. The molecule has 0 N–H and O–H groups in total. The molecule has 1 saturated carbocycles. The molecule has 1 aliphatic carbocycles. The van der Waals surface area contributed by atoms with Crippen LogP contribution in [0.15, 0.2) is 83.5 Å². The first-order valence-corrected chi connectivity index (χ1v) is 10.5. The molecule has 3 nitrogen and oxygen atoms in total. The van der Waals surface area contributed by atoms with Gasteiger partial charge in [0, 0.05) is 17.0 Å². The van der Waals surface area contributed by atoms with Crippen LogP contribution in [0.5, 0.6) is 0 Å². The predicted octanol–water partition coefficient (Wildman–Crippen LogP) is 6.47. The lowest BCUT2D eigenvalue weighted by molar-refractivity contribution is -0.147. The number of hydrogen-bond acceptors (Lipinski definition) is 3. The smallest absolute Gasteiger partial charge is 0.310 e. The maximum Gasteiger partial charge on any atom is 0.310 e. The van der Waals surface area contributed by atoms with E-state index in [0.717, 1.165) is 23.3 Å². The van der Waals surface area contributed by atoms with Gasteiger partial charge in [0.05, 0.1) is 12.2 Å². The molecule has 2 aromatic carbocycles. The molecule has 1 heterocycles. The molecule has 0 amide bonds. The molecule has 1 fully saturated rings. The first kappa shape index (κ1) is 20.5. The van der Waals surface area contributed by atoms with Crippen molar-refractivity contribution < 1.29 is 13.9 Å². The van der Waals surface area contributed by atoms with Crippen molar-refractivity contribution in [3.05, 3.63) is 102 Å². The van der Waals surface area contributed by atoms with Gasteiger partial charge in [-0.2, -0.15) is 0 Å². The highest BCUT2D eigenvalue weighted by Gasteiger charge is 2.61. The molecule has 1 aliphatic rings. The Balaban J connectivity index is 1.34. The Bertz CT molecular complexity index is 1030. The summed E-state index contributed by atoms with van der Waals surface area (Å²) in [6, 6.07) is 21.9. The quantitative estimate of drug-likeness (QED) is 0.411. The summed E-state index contributed by atoms with van der Waals surface area (Å²) in [5.74, 6) is 0.542. The number of ether oxygens (including phenoxy) is 1. The van der Waals surface area contributed by atoms with Crippen molar-refractivity contribution >= 4 is 22.6 Å². The molecule has 2 unspecified atom stereocenters. The fourth-order valence-corrected chi connectivity index (χ4v) is 4.19. The number of esters is 1. The van der Waals surface area contributed by atoms with Crippen LogP contribution >= 0.6 is 11.6 Å². The second-order valence-corrected chi connectivity index (χ2v) is 8.80. The third-order valence-electron chi connectivity index (χ3n) is 5.85. The summed E-state index contributed by atoms with van der Waals surface area (Å²) in [4.78, 5) is 12.7. The number of allylic oxidation sites excluding steroid dienone is 1. The Hall–Kier alpha value is -2.78. The maximum absolute atomic E-state index is 12.7. The summed E-state index contributed by atoms with van der Waals surface area (Å²) in [5.41, 5.74) is 2.83. The molecule has 154 valence electrons. The van der Waals surface area contributed by atoms with Gasteiger partial charge in [0.2, 0.25) is 0 Å². The second-order valence-electron chi connectivity index (χ2n) is 8.40. The largest absolute Gasteiger partial charge is 0.469 e. The van der Waals surface area contributed by atoms with Crippen LogP contribution < -0.4 is 0 Å². The number of furan rings is 1. The predicted molar refractivity (Wildman–Crippen MR) is 119 cm³/mol. The average Bonchev–Trinajstić information content (AvgIpc) is 3.07. The van der Waals surface area contributed by atoms with Crippen LogP contribution in [-0.4, -0.2) is 5.97 Å². The Morgan fingerprint density at radius 1 is 1.07 bits per heavy atom.